The lowest BCUT2D eigenvalue weighted by molar-refractivity contribution is 0.557. The Morgan fingerprint density at radius 3 is 2.58 bits per heavy atom. The summed E-state index contributed by atoms with van der Waals surface area (Å²) in [5.74, 6) is 0.308. The third-order valence-electron chi connectivity index (χ3n) is 4.30. The summed E-state index contributed by atoms with van der Waals surface area (Å²) in [7, 11) is 0. The first-order chi connectivity index (χ1) is 11.6. The number of pyridine rings is 1. The fourth-order valence-electron chi connectivity index (χ4n) is 2.93. The Bertz CT molecular complexity index is 903. The van der Waals surface area contributed by atoms with E-state index in [1.54, 1.807) is 12.1 Å². The van der Waals surface area contributed by atoms with Gasteiger partial charge in [0.25, 0.3) is 5.56 Å². The van der Waals surface area contributed by atoms with E-state index in [1.807, 2.05) is 41.0 Å². The van der Waals surface area contributed by atoms with Gasteiger partial charge in [-0.1, -0.05) is 48.9 Å². The van der Waals surface area contributed by atoms with Crippen molar-refractivity contribution >= 4 is 22.4 Å². The van der Waals surface area contributed by atoms with Crippen molar-refractivity contribution in [3.63, 3.8) is 0 Å². The molecule has 0 amide bonds. The van der Waals surface area contributed by atoms with Gasteiger partial charge in [0.1, 0.15) is 0 Å². The van der Waals surface area contributed by atoms with Crippen LogP contribution in [0.15, 0.2) is 59.4 Å². The standard InChI is InChI=1S/C20H21ClN2O/c1-14(12-22)9-18-11-16-10-17(21)7-8-19(16)20(24)23(18)13-15-5-3-2-4-6-15/h2-8,10-11,14H,9,12-13,22H2,1H3. The van der Waals surface area contributed by atoms with Gasteiger partial charge < -0.3 is 10.3 Å². The number of nitrogens with zero attached hydrogens (tertiary/aromatic N) is 1. The number of fused-ring (bicyclic) bond motifs is 1. The van der Waals surface area contributed by atoms with Crippen molar-refractivity contribution in [3.8, 4) is 0 Å². The van der Waals surface area contributed by atoms with E-state index >= 15 is 0 Å². The SMILES string of the molecule is CC(CN)Cc1cc2cc(Cl)ccc2c(=O)n1Cc1ccccc1. The zero-order valence-electron chi connectivity index (χ0n) is 13.7. The lowest BCUT2D eigenvalue weighted by Crippen LogP contribution is -2.26. The van der Waals surface area contributed by atoms with Gasteiger partial charge in [0.2, 0.25) is 0 Å². The molecular formula is C20H21ClN2O. The molecule has 1 aromatic heterocycles. The third kappa shape index (κ3) is 3.53. The molecular weight excluding hydrogens is 320 g/mol. The Morgan fingerprint density at radius 2 is 1.88 bits per heavy atom. The van der Waals surface area contributed by atoms with Gasteiger partial charge in [0, 0.05) is 16.1 Å². The summed E-state index contributed by atoms with van der Waals surface area (Å²) in [4.78, 5) is 13.0. The minimum absolute atomic E-state index is 0.0206. The third-order valence-corrected chi connectivity index (χ3v) is 4.54. The van der Waals surface area contributed by atoms with E-state index < -0.39 is 0 Å². The van der Waals surface area contributed by atoms with Crippen molar-refractivity contribution in [2.24, 2.45) is 11.7 Å². The van der Waals surface area contributed by atoms with Gasteiger partial charge in [0.05, 0.1) is 6.54 Å². The second-order valence-corrected chi connectivity index (χ2v) is 6.73. The van der Waals surface area contributed by atoms with Gasteiger partial charge in [-0.25, -0.2) is 0 Å². The highest BCUT2D eigenvalue weighted by Crippen LogP contribution is 2.20. The Hall–Kier alpha value is -2.10. The number of halogens is 1. The van der Waals surface area contributed by atoms with Crippen LogP contribution in [0.5, 0.6) is 0 Å². The topological polar surface area (TPSA) is 48.0 Å². The molecule has 0 saturated heterocycles. The van der Waals surface area contributed by atoms with Gasteiger partial charge in [-0.05, 0) is 54.1 Å². The van der Waals surface area contributed by atoms with Crippen LogP contribution in [0.1, 0.15) is 18.2 Å². The van der Waals surface area contributed by atoms with E-state index in [9.17, 15) is 4.79 Å². The first-order valence-corrected chi connectivity index (χ1v) is 8.52. The Kier molecular flexibility index (Phi) is 5.03. The minimum Gasteiger partial charge on any atom is -0.330 e. The fourth-order valence-corrected chi connectivity index (χ4v) is 3.11. The first kappa shape index (κ1) is 16.7. The van der Waals surface area contributed by atoms with Crippen LogP contribution >= 0.6 is 11.6 Å². The van der Waals surface area contributed by atoms with Crippen LogP contribution in [-0.4, -0.2) is 11.1 Å². The van der Waals surface area contributed by atoms with Crippen LogP contribution in [-0.2, 0) is 13.0 Å². The van der Waals surface area contributed by atoms with E-state index in [2.05, 4.69) is 13.0 Å². The molecule has 0 aliphatic heterocycles. The Labute approximate surface area is 146 Å². The molecule has 3 nitrogen and oxygen atoms in total. The van der Waals surface area contributed by atoms with Gasteiger partial charge in [-0.2, -0.15) is 0 Å². The predicted molar refractivity (Wildman–Crippen MR) is 101 cm³/mol. The summed E-state index contributed by atoms with van der Waals surface area (Å²) in [6, 6.07) is 17.5. The molecule has 1 heterocycles. The van der Waals surface area contributed by atoms with E-state index in [0.717, 1.165) is 23.1 Å². The molecule has 0 fully saturated rings. The van der Waals surface area contributed by atoms with Crippen molar-refractivity contribution in [1.29, 1.82) is 0 Å². The maximum Gasteiger partial charge on any atom is 0.258 e. The molecule has 0 saturated carbocycles. The molecule has 3 rings (SSSR count). The number of aromatic nitrogens is 1. The highest BCUT2D eigenvalue weighted by Gasteiger charge is 2.12. The zero-order valence-corrected chi connectivity index (χ0v) is 14.5. The van der Waals surface area contributed by atoms with Crippen LogP contribution in [0.3, 0.4) is 0 Å². The molecule has 0 spiro atoms. The molecule has 0 aliphatic rings. The second kappa shape index (κ2) is 7.20. The van der Waals surface area contributed by atoms with E-state index in [1.165, 1.54) is 0 Å². The molecule has 4 heteroatoms. The maximum atomic E-state index is 13.0. The average Bonchev–Trinajstić information content (AvgIpc) is 2.59. The second-order valence-electron chi connectivity index (χ2n) is 6.29. The number of hydrogen-bond acceptors (Lipinski definition) is 2. The normalized spacial score (nSPS) is 12.5. The molecule has 0 bridgehead atoms. The quantitative estimate of drug-likeness (QED) is 0.767. The minimum atomic E-state index is 0.0206. The summed E-state index contributed by atoms with van der Waals surface area (Å²) in [5, 5.41) is 2.22. The number of benzene rings is 2. The zero-order chi connectivity index (χ0) is 17.1. The van der Waals surface area contributed by atoms with Gasteiger partial charge in [-0.3, -0.25) is 4.79 Å². The number of nitrogens with two attached hydrogens (primary N) is 1. The van der Waals surface area contributed by atoms with E-state index in [0.29, 0.717) is 29.4 Å². The van der Waals surface area contributed by atoms with Gasteiger partial charge >= 0.3 is 0 Å². The van der Waals surface area contributed by atoms with E-state index in [-0.39, 0.29) is 5.56 Å². The molecule has 2 aromatic carbocycles. The molecule has 124 valence electrons. The lowest BCUT2D eigenvalue weighted by atomic mass is 10.0. The van der Waals surface area contributed by atoms with Crippen LogP contribution in [0, 0.1) is 5.92 Å². The lowest BCUT2D eigenvalue weighted by Gasteiger charge is -2.17. The first-order valence-electron chi connectivity index (χ1n) is 8.14. The van der Waals surface area contributed by atoms with Crippen molar-refractivity contribution in [3.05, 3.63) is 81.2 Å². The van der Waals surface area contributed by atoms with E-state index in [4.69, 9.17) is 17.3 Å². The summed E-state index contributed by atoms with van der Waals surface area (Å²) >= 11 is 6.10. The van der Waals surface area contributed by atoms with Crippen LogP contribution in [0.4, 0.5) is 0 Å². The smallest absolute Gasteiger partial charge is 0.258 e. The molecule has 3 aromatic rings. The molecule has 1 atom stereocenters. The largest absolute Gasteiger partial charge is 0.330 e. The molecule has 1 unspecified atom stereocenters. The summed E-state index contributed by atoms with van der Waals surface area (Å²) in [6.45, 7) is 3.25. The van der Waals surface area contributed by atoms with Crippen molar-refractivity contribution in [2.75, 3.05) is 6.54 Å². The number of rotatable bonds is 5. The Balaban J connectivity index is 2.16. The highest BCUT2D eigenvalue weighted by atomic mass is 35.5. The molecule has 2 N–H and O–H groups in total. The van der Waals surface area contributed by atoms with Crippen LogP contribution < -0.4 is 11.3 Å². The summed E-state index contributed by atoms with van der Waals surface area (Å²) < 4.78 is 1.86. The van der Waals surface area contributed by atoms with Crippen molar-refractivity contribution < 1.29 is 0 Å². The summed E-state index contributed by atoms with van der Waals surface area (Å²) in [5.41, 5.74) is 7.91. The predicted octanol–water partition coefficient (Wildman–Crippen LogP) is 3.84. The Morgan fingerprint density at radius 1 is 1.12 bits per heavy atom. The van der Waals surface area contributed by atoms with Crippen molar-refractivity contribution in [2.45, 2.75) is 19.9 Å². The van der Waals surface area contributed by atoms with Crippen molar-refractivity contribution in [1.82, 2.24) is 4.57 Å². The monoisotopic (exact) mass is 340 g/mol. The average molecular weight is 341 g/mol. The number of hydrogen-bond donors (Lipinski definition) is 1. The molecule has 24 heavy (non-hydrogen) atoms. The van der Waals surface area contributed by atoms with Gasteiger partial charge in [0.15, 0.2) is 0 Å². The molecule has 0 aliphatic carbocycles. The summed E-state index contributed by atoms with van der Waals surface area (Å²) in [6.07, 6.45) is 0.765. The molecule has 0 radical (unpaired) electrons. The maximum absolute atomic E-state index is 13.0. The van der Waals surface area contributed by atoms with Crippen LogP contribution in [0.2, 0.25) is 5.02 Å². The highest BCUT2D eigenvalue weighted by molar-refractivity contribution is 6.31. The fraction of sp³-hybridized carbons (Fsp3) is 0.250. The van der Waals surface area contributed by atoms with Gasteiger partial charge in [-0.15, -0.1) is 0 Å². The van der Waals surface area contributed by atoms with Crippen LogP contribution in [0.25, 0.3) is 10.8 Å².